The molecule has 1 atom stereocenters. The predicted octanol–water partition coefficient (Wildman–Crippen LogP) is 3.76. The highest BCUT2D eigenvalue weighted by Gasteiger charge is 2.23. The van der Waals surface area contributed by atoms with Crippen LogP contribution in [-0.2, 0) is 9.53 Å². The Morgan fingerprint density at radius 1 is 1.00 bits per heavy atom. The third-order valence-corrected chi connectivity index (χ3v) is 4.58. The van der Waals surface area contributed by atoms with Crippen molar-refractivity contribution < 1.29 is 28.5 Å². The number of anilines is 1. The fourth-order valence-electron chi connectivity index (χ4n) is 3.04. The number of carbonyl (C=O) groups excluding carboxylic acids is 2. The van der Waals surface area contributed by atoms with Crippen molar-refractivity contribution in [2.24, 2.45) is 0 Å². The molecule has 1 aliphatic heterocycles. The molecule has 0 saturated heterocycles. The van der Waals surface area contributed by atoms with Crippen LogP contribution in [0.1, 0.15) is 17.3 Å². The number of ether oxygens (including phenoxy) is 4. The van der Waals surface area contributed by atoms with Crippen molar-refractivity contribution in [1.82, 2.24) is 0 Å². The van der Waals surface area contributed by atoms with Crippen molar-refractivity contribution in [3.05, 3.63) is 60.2 Å². The highest BCUT2D eigenvalue weighted by atomic mass is 16.7. The minimum absolute atomic E-state index is 0.147. The molecule has 1 heterocycles. The summed E-state index contributed by atoms with van der Waals surface area (Å²) in [7, 11) is 1.48. The summed E-state index contributed by atoms with van der Waals surface area (Å²) in [5.74, 6) is 0.453. The van der Waals surface area contributed by atoms with Gasteiger partial charge in [-0.3, -0.25) is 4.79 Å². The molecule has 0 radical (unpaired) electrons. The van der Waals surface area contributed by atoms with Crippen LogP contribution in [0.3, 0.4) is 0 Å². The van der Waals surface area contributed by atoms with Crippen molar-refractivity contribution in [2.45, 2.75) is 13.0 Å². The van der Waals surface area contributed by atoms with E-state index in [-0.39, 0.29) is 12.4 Å². The lowest BCUT2D eigenvalue weighted by Crippen LogP contribution is -2.30. The first-order valence-corrected chi connectivity index (χ1v) is 9.03. The van der Waals surface area contributed by atoms with Gasteiger partial charge in [0.05, 0.1) is 7.11 Å². The lowest BCUT2D eigenvalue weighted by Gasteiger charge is -2.15. The number of amides is 1. The fraction of sp³-hybridized carbons (Fsp3) is 0.182. The second kappa shape index (κ2) is 7.71. The van der Waals surface area contributed by atoms with Crippen molar-refractivity contribution in [1.29, 1.82) is 0 Å². The van der Waals surface area contributed by atoms with Gasteiger partial charge in [0.2, 0.25) is 6.79 Å². The summed E-state index contributed by atoms with van der Waals surface area (Å²) in [5.41, 5.74) is 0.777. The Bertz CT molecular complexity index is 1090. The average Bonchev–Trinajstić information content (AvgIpc) is 3.20. The second-order valence-electron chi connectivity index (χ2n) is 6.50. The van der Waals surface area contributed by atoms with E-state index in [9.17, 15) is 9.59 Å². The maximum atomic E-state index is 12.7. The zero-order chi connectivity index (χ0) is 20.4. The largest absolute Gasteiger partial charge is 0.496 e. The van der Waals surface area contributed by atoms with E-state index >= 15 is 0 Å². The number of methoxy groups -OCH3 is 1. The lowest BCUT2D eigenvalue weighted by molar-refractivity contribution is -0.123. The van der Waals surface area contributed by atoms with Crippen LogP contribution >= 0.6 is 0 Å². The van der Waals surface area contributed by atoms with Crippen LogP contribution in [-0.4, -0.2) is 31.9 Å². The molecule has 0 unspecified atom stereocenters. The number of rotatable bonds is 5. The molecule has 0 aromatic heterocycles. The van der Waals surface area contributed by atoms with Crippen molar-refractivity contribution in [3.8, 4) is 17.2 Å². The fourth-order valence-corrected chi connectivity index (χ4v) is 3.04. The summed E-state index contributed by atoms with van der Waals surface area (Å²) in [6.45, 7) is 1.65. The zero-order valence-electron chi connectivity index (χ0n) is 15.9. The van der Waals surface area contributed by atoms with Crippen LogP contribution in [0.15, 0.2) is 54.6 Å². The summed E-state index contributed by atoms with van der Waals surface area (Å²) in [6.07, 6.45) is -1.01. The van der Waals surface area contributed by atoms with Crippen LogP contribution in [0.5, 0.6) is 17.2 Å². The van der Waals surface area contributed by atoms with E-state index in [1.807, 2.05) is 24.3 Å². The van der Waals surface area contributed by atoms with E-state index in [0.29, 0.717) is 22.9 Å². The maximum Gasteiger partial charge on any atom is 0.342 e. The minimum atomic E-state index is -1.01. The molecule has 7 nitrogen and oxygen atoms in total. The van der Waals surface area contributed by atoms with Crippen LogP contribution < -0.4 is 19.5 Å². The highest BCUT2D eigenvalue weighted by Crippen LogP contribution is 2.34. The first-order valence-electron chi connectivity index (χ1n) is 9.03. The molecule has 1 N–H and O–H groups in total. The van der Waals surface area contributed by atoms with Gasteiger partial charge in [-0.05, 0) is 42.0 Å². The van der Waals surface area contributed by atoms with E-state index < -0.39 is 18.0 Å². The smallest absolute Gasteiger partial charge is 0.342 e. The van der Waals surface area contributed by atoms with E-state index in [1.54, 1.807) is 30.3 Å². The Morgan fingerprint density at radius 2 is 1.72 bits per heavy atom. The Hall–Kier alpha value is -3.74. The molecule has 0 bridgehead atoms. The molecule has 1 aliphatic rings. The molecule has 7 heteroatoms. The molecule has 0 spiro atoms. The van der Waals surface area contributed by atoms with Crippen LogP contribution in [0.25, 0.3) is 10.8 Å². The average molecular weight is 393 g/mol. The summed E-state index contributed by atoms with van der Waals surface area (Å²) in [5, 5.41) is 4.52. The van der Waals surface area contributed by atoms with Gasteiger partial charge in [0.25, 0.3) is 5.91 Å². The number of nitrogens with one attached hydrogen (secondary N) is 1. The van der Waals surface area contributed by atoms with E-state index in [0.717, 1.165) is 10.8 Å². The maximum absolute atomic E-state index is 12.7. The predicted molar refractivity (Wildman–Crippen MR) is 107 cm³/mol. The number of hydrogen-bond acceptors (Lipinski definition) is 6. The Morgan fingerprint density at radius 3 is 2.48 bits per heavy atom. The number of benzene rings is 3. The number of hydrogen-bond donors (Lipinski definition) is 1. The van der Waals surface area contributed by atoms with Crippen LogP contribution in [0.2, 0.25) is 0 Å². The molecule has 1 amide bonds. The first-order chi connectivity index (χ1) is 14.0. The zero-order valence-corrected chi connectivity index (χ0v) is 15.9. The van der Waals surface area contributed by atoms with Gasteiger partial charge >= 0.3 is 5.97 Å². The molecule has 0 saturated carbocycles. The number of carbonyl (C=O) groups is 2. The summed E-state index contributed by atoms with van der Waals surface area (Å²) >= 11 is 0. The molecular weight excluding hydrogens is 374 g/mol. The molecule has 0 fully saturated rings. The molecule has 148 valence electrons. The third-order valence-electron chi connectivity index (χ3n) is 4.58. The van der Waals surface area contributed by atoms with Gasteiger partial charge in [0.1, 0.15) is 11.3 Å². The van der Waals surface area contributed by atoms with Crippen molar-refractivity contribution in [2.75, 3.05) is 19.2 Å². The quantitative estimate of drug-likeness (QED) is 0.665. The monoisotopic (exact) mass is 393 g/mol. The molecule has 0 aliphatic carbocycles. The summed E-state index contributed by atoms with van der Waals surface area (Å²) in [4.78, 5) is 25.1. The Kier molecular flexibility index (Phi) is 4.95. The van der Waals surface area contributed by atoms with Crippen molar-refractivity contribution in [3.63, 3.8) is 0 Å². The summed E-state index contributed by atoms with van der Waals surface area (Å²) in [6, 6.07) is 16.1. The van der Waals surface area contributed by atoms with E-state index in [1.165, 1.54) is 14.0 Å². The van der Waals surface area contributed by atoms with Gasteiger partial charge in [0.15, 0.2) is 17.6 Å². The standard InChI is InChI=1S/C22H19NO6/c1-13(21(24)23-16-7-8-18-20(11-16)28-12-27-18)29-22(25)17-9-14-5-3-4-6-15(14)10-19(17)26-2/h3-11,13H,12H2,1-2H3,(H,23,24)/t13-/m0/s1. The molecule has 29 heavy (non-hydrogen) atoms. The molecule has 4 rings (SSSR count). The van der Waals surface area contributed by atoms with E-state index in [4.69, 9.17) is 18.9 Å². The van der Waals surface area contributed by atoms with Gasteiger partial charge in [0, 0.05) is 11.8 Å². The van der Waals surface area contributed by atoms with Crippen LogP contribution in [0, 0.1) is 0 Å². The normalized spacial score (nSPS) is 13.0. The van der Waals surface area contributed by atoms with Gasteiger partial charge in [-0.1, -0.05) is 24.3 Å². The van der Waals surface area contributed by atoms with Gasteiger partial charge in [-0.2, -0.15) is 0 Å². The molecule has 3 aromatic rings. The SMILES string of the molecule is COc1cc2ccccc2cc1C(=O)O[C@@H](C)C(=O)Nc1ccc2c(c1)OCO2. The first kappa shape index (κ1) is 18.6. The van der Waals surface area contributed by atoms with Crippen molar-refractivity contribution >= 4 is 28.3 Å². The van der Waals surface area contributed by atoms with Gasteiger partial charge in [-0.15, -0.1) is 0 Å². The van der Waals surface area contributed by atoms with Gasteiger partial charge in [-0.25, -0.2) is 4.79 Å². The Balaban J connectivity index is 1.47. The highest BCUT2D eigenvalue weighted by molar-refractivity contribution is 6.01. The van der Waals surface area contributed by atoms with E-state index in [2.05, 4.69) is 5.32 Å². The lowest BCUT2D eigenvalue weighted by atomic mass is 10.1. The molecule has 3 aromatic carbocycles. The van der Waals surface area contributed by atoms with Gasteiger partial charge < -0.3 is 24.3 Å². The minimum Gasteiger partial charge on any atom is -0.496 e. The summed E-state index contributed by atoms with van der Waals surface area (Å²) < 4.78 is 21.2. The number of esters is 1. The Labute approximate surface area is 167 Å². The topological polar surface area (TPSA) is 83.1 Å². The number of fused-ring (bicyclic) bond motifs is 2. The van der Waals surface area contributed by atoms with Crippen LogP contribution in [0.4, 0.5) is 5.69 Å². The third kappa shape index (κ3) is 3.80. The molecular formula is C22H19NO6. The second-order valence-corrected chi connectivity index (χ2v) is 6.50.